The first kappa shape index (κ1) is 7.08. The summed E-state index contributed by atoms with van der Waals surface area (Å²) in [7, 11) is 3.95. The van der Waals surface area contributed by atoms with Gasteiger partial charge in [0.25, 0.3) is 0 Å². The summed E-state index contributed by atoms with van der Waals surface area (Å²) >= 11 is 0. The van der Waals surface area contributed by atoms with Gasteiger partial charge in [-0.3, -0.25) is 0 Å². The molecular formula is C6H10N4. The average molecular weight is 138 g/mol. The Bertz CT molecular complexity index is 184. The van der Waals surface area contributed by atoms with Crippen molar-refractivity contribution in [1.29, 1.82) is 0 Å². The fourth-order valence-electron chi connectivity index (χ4n) is 0.628. The van der Waals surface area contributed by atoms with E-state index < -0.39 is 0 Å². The van der Waals surface area contributed by atoms with Gasteiger partial charge in [-0.1, -0.05) is 0 Å². The first-order valence-electron chi connectivity index (χ1n) is 3.04. The van der Waals surface area contributed by atoms with E-state index in [2.05, 4.69) is 15.0 Å². The van der Waals surface area contributed by atoms with Crippen molar-refractivity contribution in [3.63, 3.8) is 0 Å². The molecule has 4 nitrogen and oxygen atoms in total. The molecule has 0 spiro atoms. The first-order valence-corrected chi connectivity index (χ1v) is 3.04. The van der Waals surface area contributed by atoms with Crippen molar-refractivity contribution in [2.75, 3.05) is 14.1 Å². The Labute approximate surface area is 59.9 Å². The summed E-state index contributed by atoms with van der Waals surface area (Å²) in [4.78, 5) is 13.6. The van der Waals surface area contributed by atoms with E-state index in [-0.39, 0.29) is 0 Å². The molecule has 0 radical (unpaired) electrons. The fraction of sp³-hybridized carbons (Fsp3) is 0.500. The highest BCUT2D eigenvalue weighted by Crippen LogP contribution is 1.88. The molecule has 0 unspecified atom stereocenters. The van der Waals surface area contributed by atoms with Gasteiger partial charge in [0.2, 0.25) is 0 Å². The lowest BCUT2D eigenvalue weighted by atomic mass is 10.5. The van der Waals surface area contributed by atoms with E-state index in [1.54, 1.807) is 0 Å². The molecule has 1 aromatic rings. The Hall–Kier alpha value is -1.03. The molecule has 0 aliphatic rings. The zero-order chi connectivity index (χ0) is 7.40. The molecule has 0 fully saturated rings. The van der Waals surface area contributed by atoms with Crippen LogP contribution in [0.15, 0.2) is 12.7 Å². The van der Waals surface area contributed by atoms with Crippen LogP contribution in [0.25, 0.3) is 0 Å². The molecule has 10 heavy (non-hydrogen) atoms. The van der Waals surface area contributed by atoms with Crippen molar-refractivity contribution in [2.45, 2.75) is 6.54 Å². The number of hydrogen-bond donors (Lipinski definition) is 0. The first-order chi connectivity index (χ1) is 4.79. The van der Waals surface area contributed by atoms with Crippen LogP contribution in [-0.4, -0.2) is 33.9 Å². The Morgan fingerprint density at radius 1 is 1.30 bits per heavy atom. The largest absolute Gasteiger partial charge is 0.302 e. The standard InChI is InChI=1S/C6H10N4/c1-10(2)3-6-8-4-7-5-9-6/h4-5H,3H2,1-2H3. The molecule has 0 saturated carbocycles. The molecule has 0 atom stereocenters. The zero-order valence-electron chi connectivity index (χ0n) is 6.15. The predicted octanol–water partition coefficient (Wildman–Crippen LogP) is -0.0668. The minimum absolute atomic E-state index is 0.766. The Morgan fingerprint density at radius 2 is 1.90 bits per heavy atom. The molecule has 0 N–H and O–H groups in total. The average Bonchev–Trinajstić information content (AvgIpc) is 1.88. The van der Waals surface area contributed by atoms with Crippen molar-refractivity contribution < 1.29 is 0 Å². The predicted molar refractivity (Wildman–Crippen MR) is 37.2 cm³/mol. The van der Waals surface area contributed by atoms with Gasteiger partial charge in [0.1, 0.15) is 18.5 Å². The van der Waals surface area contributed by atoms with Crippen LogP contribution < -0.4 is 0 Å². The second-order valence-electron chi connectivity index (χ2n) is 2.29. The normalized spacial score (nSPS) is 10.3. The molecule has 1 heterocycles. The molecule has 54 valence electrons. The van der Waals surface area contributed by atoms with Crippen molar-refractivity contribution >= 4 is 0 Å². The lowest BCUT2D eigenvalue weighted by Gasteiger charge is -2.05. The van der Waals surface area contributed by atoms with Gasteiger partial charge in [0, 0.05) is 0 Å². The maximum absolute atomic E-state index is 3.96. The second kappa shape index (κ2) is 3.22. The summed E-state index contributed by atoms with van der Waals surface area (Å²) in [6.07, 6.45) is 3.01. The minimum Gasteiger partial charge on any atom is -0.302 e. The van der Waals surface area contributed by atoms with Gasteiger partial charge < -0.3 is 4.90 Å². The highest BCUT2D eigenvalue weighted by atomic mass is 15.1. The van der Waals surface area contributed by atoms with Gasteiger partial charge in [-0.15, -0.1) is 0 Å². The van der Waals surface area contributed by atoms with Crippen molar-refractivity contribution in [3.8, 4) is 0 Å². The molecule has 1 rings (SSSR count). The molecule has 0 aromatic carbocycles. The minimum atomic E-state index is 0.766. The van der Waals surface area contributed by atoms with Crippen LogP contribution >= 0.6 is 0 Å². The molecule has 0 bridgehead atoms. The number of nitrogens with zero attached hydrogens (tertiary/aromatic N) is 4. The zero-order valence-corrected chi connectivity index (χ0v) is 6.15. The van der Waals surface area contributed by atoms with Crippen molar-refractivity contribution in [3.05, 3.63) is 18.5 Å². The van der Waals surface area contributed by atoms with Crippen molar-refractivity contribution in [2.24, 2.45) is 0 Å². The summed E-state index contributed by atoms with van der Waals surface area (Å²) in [6.45, 7) is 0.766. The van der Waals surface area contributed by atoms with E-state index in [1.807, 2.05) is 19.0 Å². The summed E-state index contributed by atoms with van der Waals surface area (Å²) in [6, 6.07) is 0. The fourth-order valence-corrected chi connectivity index (χ4v) is 0.628. The highest BCUT2D eigenvalue weighted by molar-refractivity contribution is 4.79. The smallest absolute Gasteiger partial charge is 0.145 e. The van der Waals surface area contributed by atoms with Crippen LogP contribution in [0.5, 0.6) is 0 Å². The number of rotatable bonds is 2. The van der Waals surface area contributed by atoms with Crippen molar-refractivity contribution in [1.82, 2.24) is 19.9 Å². The van der Waals surface area contributed by atoms with E-state index in [0.29, 0.717) is 0 Å². The van der Waals surface area contributed by atoms with E-state index in [1.165, 1.54) is 12.7 Å². The quantitative estimate of drug-likeness (QED) is 0.574. The monoisotopic (exact) mass is 138 g/mol. The maximum Gasteiger partial charge on any atom is 0.145 e. The van der Waals surface area contributed by atoms with Crippen LogP contribution in [0.2, 0.25) is 0 Å². The molecule has 0 amide bonds. The summed E-state index contributed by atoms with van der Waals surface area (Å²) in [5, 5.41) is 0. The van der Waals surface area contributed by atoms with Gasteiger partial charge in [-0.2, -0.15) is 0 Å². The SMILES string of the molecule is CN(C)Cc1ncncn1. The maximum atomic E-state index is 3.96. The van der Waals surface area contributed by atoms with E-state index in [4.69, 9.17) is 0 Å². The number of hydrogen-bond acceptors (Lipinski definition) is 4. The third kappa shape index (κ3) is 2.06. The van der Waals surface area contributed by atoms with Crippen LogP contribution in [-0.2, 0) is 6.54 Å². The van der Waals surface area contributed by atoms with Gasteiger partial charge in [-0.25, -0.2) is 15.0 Å². The Kier molecular flexibility index (Phi) is 2.28. The van der Waals surface area contributed by atoms with Gasteiger partial charge in [0.15, 0.2) is 0 Å². The van der Waals surface area contributed by atoms with Crippen LogP contribution in [0, 0.1) is 0 Å². The molecule has 0 aliphatic carbocycles. The van der Waals surface area contributed by atoms with Gasteiger partial charge in [0.05, 0.1) is 6.54 Å². The Morgan fingerprint density at radius 3 is 2.40 bits per heavy atom. The number of aromatic nitrogens is 3. The molecule has 1 aromatic heterocycles. The third-order valence-corrected chi connectivity index (χ3v) is 1.00. The van der Waals surface area contributed by atoms with Gasteiger partial charge >= 0.3 is 0 Å². The Balaban J connectivity index is 2.59. The van der Waals surface area contributed by atoms with Gasteiger partial charge in [-0.05, 0) is 14.1 Å². The third-order valence-electron chi connectivity index (χ3n) is 1.00. The summed E-state index contributed by atoms with van der Waals surface area (Å²) < 4.78 is 0. The van der Waals surface area contributed by atoms with Crippen LogP contribution in [0.1, 0.15) is 5.82 Å². The lowest BCUT2D eigenvalue weighted by Crippen LogP contribution is -2.13. The van der Waals surface area contributed by atoms with E-state index in [9.17, 15) is 0 Å². The van der Waals surface area contributed by atoms with Crippen LogP contribution in [0.4, 0.5) is 0 Å². The molecule has 0 saturated heterocycles. The summed E-state index contributed by atoms with van der Waals surface area (Å²) in [5.41, 5.74) is 0. The molecule has 0 aliphatic heterocycles. The lowest BCUT2D eigenvalue weighted by molar-refractivity contribution is 0.389. The molecule has 4 heteroatoms. The molecular weight excluding hydrogens is 128 g/mol. The highest BCUT2D eigenvalue weighted by Gasteiger charge is 1.94. The summed E-state index contributed by atoms with van der Waals surface area (Å²) in [5.74, 6) is 0.806. The second-order valence-corrected chi connectivity index (χ2v) is 2.29. The van der Waals surface area contributed by atoms with Crippen LogP contribution in [0.3, 0.4) is 0 Å². The van der Waals surface area contributed by atoms with E-state index >= 15 is 0 Å². The van der Waals surface area contributed by atoms with E-state index in [0.717, 1.165) is 12.4 Å². The topological polar surface area (TPSA) is 41.9 Å².